The number of piperazine rings is 1. The van der Waals surface area contributed by atoms with E-state index in [1.165, 1.54) is 0 Å². The molecule has 28 heavy (non-hydrogen) atoms. The number of halogens is 1. The van der Waals surface area contributed by atoms with Gasteiger partial charge in [0.15, 0.2) is 0 Å². The summed E-state index contributed by atoms with van der Waals surface area (Å²) in [6.45, 7) is 2.89. The predicted octanol–water partition coefficient (Wildman–Crippen LogP) is 2.34. The number of benzene rings is 1. The molecule has 1 aliphatic rings. The van der Waals surface area contributed by atoms with E-state index in [2.05, 4.69) is 14.9 Å². The first kappa shape index (κ1) is 18.6. The topological polar surface area (TPSA) is 57.0 Å². The minimum Gasteiger partial charge on any atom is -0.378 e. The Hall–Kier alpha value is -2.80. The van der Waals surface area contributed by atoms with Crippen molar-refractivity contribution in [1.82, 2.24) is 19.3 Å². The van der Waals surface area contributed by atoms with Crippen LogP contribution in [0.3, 0.4) is 0 Å². The number of fused-ring (bicyclic) bond motifs is 1. The van der Waals surface area contributed by atoms with Crippen molar-refractivity contribution in [2.45, 2.75) is 6.42 Å². The number of carbonyl (C=O) groups is 1. The van der Waals surface area contributed by atoms with E-state index in [1.807, 2.05) is 58.8 Å². The van der Waals surface area contributed by atoms with Crippen molar-refractivity contribution < 1.29 is 4.79 Å². The van der Waals surface area contributed by atoms with Crippen LogP contribution in [0.4, 0.5) is 11.5 Å². The third kappa shape index (κ3) is 3.89. The van der Waals surface area contributed by atoms with E-state index in [4.69, 9.17) is 11.6 Å². The van der Waals surface area contributed by atoms with E-state index >= 15 is 0 Å². The van der Waals surface area contributed by atoms with Crippen molar-refractivity contribution in [3.05, 3.63) is 53.4 Å². The largest absolute Gasteiger partial charge is 0.378 e. The van der Waals surface area contributed by atoms with Gasteiger partial charge in [0.2, 0.25) is 11.7 Å². The molecular formula is C20H23ClN6O. The first-order chi connectivity index (χ1) is 13.5. The van der Waals surface area contributed by atoms with Crippen molar-refractivity contribution in [3.8, 4) is 0 Å². The number of aromatic nitrogens is 3. The molecule has 2 aromatic heterocycles. The normalized spacial score (nSPS) is 14.5. The SMILES string of the molecule is CN(C)c1ccc(CC(=O)N2CCN(c3cn4cc(Cl)cnc4n3)CC2)cc1. The Morgan fingerprint density at radius 1 is 1.11 bits per heavy atom. The third-order valence-electron chi connectivity index (χ3n) is 5.03. The lowest BCUT2D eigenvalue weighted by atomic mass is 10.1. The monoisotopic (exact) mass is 398 g/mol. The molecule has 8 heteroatoms. The molecule has 0 atom stereocenters. The number of anilines is 2. The van der Waals surface area contributed by atoms with Crippen LogP contribution in [0, 0.1) is 0 Å². The number of carbonyl (C=O) groups excluding carboxylic acids is 1. The lowest BCUT2D eigenvalue weighted by Gasteiger charge is -2.34. The van der Waals surface area contributed by atoms with Crippen molar-refractivity contribution >= 4 is 34.8 Å². The van der Waals surface area contributed by atoms with Gasteiger partial charge in [0.05, 0.1) is 23.8 Å². The molecule has 7 nitrogen and oxygen atoms in total. The standard InChI is InChI=1S/C20H23ClN6O/c1-24(2)17-5-3-15(4-6-17)11-19(28)26-9-7-25(8-10-26)18-14-27-13-16(21)12-22-20(27)23-18/h3-6,12-14H,7-11H2,1-2H3. The highest BCUT2D eigenvalue weighted by Gasteiger charge is 2.23. The van der Waals surface area contributed by atoms with Gasteiger partial charge in [-0.2, -0.15) is 4.98 Å². The molecule has 3 aromatic rings. The predicted molar refractivity (Wildman–Crippen MR) is 111 cm³/mol. The van der Waals surface area contributed by atoms with Gasteiger partial charge in [-0.15, -0.1) is 0 Å². The van der Waals surface area contributed by atoms with E-state index in [9.17, 15) is 4.79 Å². The minimum atomic E-state index is 0.167. The minimum absolute atomic E-state index is 0.167. The third-order valence-corrected chi connectivity index (χ3v) is 5.23. The molecule has 3 heterocycles. The molecule has 0 N–H and O–H groups in total. The lowest BCUT2D eigenvalue weighted by molar-refractivity contribution is -0.130. The molecule has 146 valence electrons. The molecule has 1 aromatic carbocycles. The van der Waals surface area contributed by atoms with Crippen LogP contribution < -0.4 is 9.80 Å². The van der Waals surface area contributed by atoms with Crippen LogP contribution in [-0.4, -0.2) is 65.5 Å². The number of hydrogen-bond acceptors (Lipinski definition) is 5. The van der Waals surface area contributed by atoms with E-state index in [0.29, 0.717) is 30.3 Å². The Kier molecular flexibility index (Phi) is 5.09. The van der Waals surface area contributed by atoms with Crippen molar-refractivity contribution in [2.24, 2.45) is 0 Å². The van der Waals surface area contributed by atoms with Gasteiger partial charge in [0.25, 0.3) is 0 Å². The number of hydrogen-bond donors (Lipinski definition) is 0. The average molecular weight is 399 g/mol. The van der Waals surface area contributed by atoms with E-state index in [-0.39, 0.29) is 5.91 Å². The lowest BCUT2D eigenvalue weighted by Crippen LogP contribution is -2.49. The molecule has 0 spiro atoms. The zero-order valence-corrected chi connectivity index (χ0v) is 16.8. The molecule has 4 rings (SSSR count). The van der Waals surface area contributed by atoms with Gasteiger partial charge in [0.1, 0.15) is 5.82 Å². The van der Waals surface area contributed by atoms with E-state index in [1.54, 1.807) is 12.4 Å². The molecule has 1 aliphatic heterocycles. The maximum absolute atomic E-state index is 12.7. The summed E-state index contributed by atoms with van der Waals surface area (Å²) < 4.78 is 1.83. The Morgan fingerprint density at radius 3 is 2.50 bits per heavy atom. The molecule has 0 unspecified atom stereocenters. The Morgan fingerprint density at radius 2 is 1.82 bits per heavy atom. The second-order valence-electron chi connectivity index (χ2n) is 7.18. The Balaban J connectivity index is 1.35. The van der Waals surface area contributed by atoms with Gasteiger partial charge < -0.3 is 14.7 Å². The van der Waals surface area contributed by atoms with Gasteiger partial charge in [-0.3, -0.25) is 9.20 Å². The first-order valence-electron chi connectivity index (χ1n) is 9.29. The summed E-state index contributed by atoms with van der Waals surface area (Å²) in [7, 11) is 4.01. The van der Waals surface area contributed by atoms with Crippen LogP contribution in [0.25, 0.3) is 5.78 Å². The molecule has 0 saturated carbocycles. The smallest absolute Gasteiger partial charge is 0.235 e. The molecular weight excluding hydrogens is 376 g/mol. The van der Waals surface area contributed by atoms with E-state index < -0.39 is 0 Å². The van der Waals surface area contributed by atoms with Crippen LogP contribution in [0.15, 0.2) is 42.9 Å². The summed E-state index contributed by atoms with van der Waals surface area (Å²) in [5.74, 6) is 1.65. The number of rotatable bonds is 4. The molecule has 0 radical (unpaired) electrons. The summed E-state index contributed by atoms with van der Waals surface area (Å²) in [6.07, 6.45) is 5.75. The highest BCUT2D eigenvalue weighted by Crippen LogP contribution is 2.18. The summed E-state index contributed by atoms with van der Waals surface area (Å²) in [5, 5.41) is 0.575. The van der Waals surface area contributed by atoms with E-state index in [0.717, 1.165) is 30.2 Å². The van der Waals surface area contributed by atoms with Crippen LogP contribution in [-0.2, 0) is 11.2 Å². The van der Waals surface area contributed by atoms with Gasteiger partial charge in [0, 0.05) is 52.2 Å². The Bertz CT molecular complexity index is 976. The fraction of sp³-hybridized carbons (Fsp3) is 0.350. The van der Waals surface area contributed by atoms with Gasteiger partial charge in [-0.1, -0.05) is 23.7 Å². The Labute approximate surface area is 169 Å². The summed E-state index contributed by atoms with van der Waals surface area (Å²) in [5.41, 5.74) is 2.18. The second-order valence-corrected chi connectivity index (χ2v) is 7.62. The zero-order valence-electron chi connectivity index (χ0n) is 16.0. The van der Waals surface area contributed by atoms with Crippen molar-refractivity contribution in [2.75, 3.05) is 50.1 Å². The zero-order chi connectivity index (χ0) is 19.7. The summed E-state index contributed by atoms with van der Waals surface area (Å²) >= 11 is 5.99. The quantitative estimate of drug-likeness (QED) is 0.675. The number of nitrogens with zero attached hydrogens (tertiary/aromatic N) is 6. The maximum atomic E-state index is 12.7. The van der Waals surface area contributed by atoms with Crippen molar-refractivity contribution in [3.63, 3.8) is 0 Å². The van der Waals surface area contributed by atoms with Gasteiger partial charge >= 0.3 is 0 Å². The molecule has 1 amide bonds. The maximum Gasteiger partial charge on any atom is 0.235 e. The highest BCUT2D eigenvalue weighted by molar-refractivity contribution is 6.30. The first-order valence-corrected chi connectivity index (χ1v) is 9.66. The molecule has 0 bridgehead atoms. The number of amides is 1. The van der Waals surface area contributed by atoms with Gasteiger partial charge in [-0.05, 0) is 17.7 Å². The fourth-order valence-electron chi connectivity index (χ4n) is 3.38. The summed E-state index contributed by atoms with van der Waals surface area (Å²) in [6, 6.07) is 8.14. The van der Waals surface area contributed by atoms with Crippen LogP contribution >= 0.6 is 11.6 Å². The second kappa shape index (κ2) is 7.67. The molecule has 1 fully saturated rings. The number of imidazole rings is 1. The van der Waals surface area contributed by atoms with Crippen LogP contribution in [0.5, 0.6) is 0 Å². The van der Waals surface area contributed by atoms with Crippen LogP contribution in [0.1, 0.15) is 5.56 Å². The molecule has 1 saturated heterocycles. The highest BCUT2D eigenvalue weighted by atomic mass is 35.5. The van der Waals surface area contributed by atoms with Crippen LogP contribution in [0.2, 0.25) is 5.02 Å². The summed E-state index contributed by atoms with van der Waals surface area (Å²) in [4.78, 5) is 27.6. The fourth-order valence-corrected chi connectivity index (χ4v) is 3.54. The average Bonchev–Trinajstić information content (AvgIpc) is 3.11. The van der Waals surface area contributed by atoms with Crippen molar-refractivity contribution in [1.29, 1.82) is 0 Å². The van der Waals surface area contributed by atoms with Gasteiger partial charge in [-0.25, -0.2) is 4.98 Å². The molecule has 0 aliphatic carbocycles.